The molecule has 0 bridgehead atoms. The molecule has 1 fully saturated rings. The monoisotopic (exact) mass is 423 g/mol. The summed E-state index contributed by atoms with van der Waals surface area (Å²) in [6, 6.07) is 14.0. The topological polar surface area (TPSA) is 52.7 Å². The Morgan fingerprint density at radius 2 is 1.74 bits per heavy atom. The van der Waals surface area contributed by atoms with Crippen molar-refractivity contribution in [3.8, 4) is 0 Å². The summed E-state index contributed by atoms with van der Waals surface area (Å²) >= 11 is 0. The van der Waals surface area contributed by atoms with Gasteiger partial charge in [-0.15, -0.1) is 0 Å². The first-order chi connectivity index (χ1) is 15.0. The number of likely N-dealkylation sites (tertiary alicyclic amines) is 1. The van der Waals surface area contributed by atoms with Crippen molar-refractivity contribution in [3.63, 3.8) is 0 Å². The highest BCUT2D eigenvalue weighted by molar-refractivity contribution is 5.85. The number of fused-ring (bicyclic) bond motifs is 1. The van der Waals surface area contributed by atoms with E-state index in [1.165, 1.54) is 11.6 Å². The number of benzene rings is 2. The number of nitrogens with one attached hydrogen (secondary N) is 1. The van der Waals surface area contributed by atoms with E-state index in [-0.39, 0.29) is 30.7 Å². The minimum atomic E-state index is -0.447. The number of rotatable bonds is 5. The molecule has 0 aromatic heterocycles. The molecule has 6 heteroatoms. The summed E-state index contributed by atoms with van der Waals surface area (Å²) in [6.45, 7) is 4.66. The molecule has 0 radical (unpaired) electrons. The minimum Gasteiger partial charge on any atom is -0.351 e. The lowest BCUT2D eigenvalue weighted by Crippen LogP contribution is -2.50. The fraction of sp³-hybridized carbons (Fsp3) is 0.440. The molecule has 2 aliphatic heterocycles. The average molecular weight is 424 g/mol. The Labute approximate surface area is 183 Å². The van der Waals surface area contributed by atoms with E-state index in [0.717, 1.165) is 37.9 Å². The Bertz CT molecular complexity index is 940. The van der Waals surface area contributed by atoms with Gasteiger partial charge in [-0.25, -0.2) is 4.39 Å². The van der Waals surface area contributed by atoms with Crippen LogP contribution < -0.4 is 5.32 Å². The van der Waals surface area contributed by atoms with E-state index in [4.69, 9.17) is 0 Å². The maximum absolute atomic E-state index is 13.9. The lowest BCUT2D eigenvalue weighted by molar-refractivity contribution is -0.140. The second-order valence-corrected chi connectivity index (χ2v) is 8.70. The highest BCUT2D eigenvalue weighted by Crippen LogP contribution is 2.32. The minimum absolute atomic E-state index is 0.0842. The summed E-state index contributed by atoms with van der Waals surface area (Å²) in [4.78, 5) is 30.2. The Kier molecular flexibility index (Phi) is 6.66. The molecule has 2 aliphatic rings. The normalized spacial score (nSPS) is 19.7. The molecule has 0 aliphatic carbocycles. The van der Waals surface area contributed by atoms with E-state index in [9.17, 15) is 14.0 Å². The summed E-state index contributed by atoms with van der Waals surface area (Å²) in [5, 5.41) is 2.81. The van der Waals surface area contributed by atoms with E-state index >= 15 is 0 Å². The van der Waals surface area contributed by atoms with Gasteiger partial charge < -0.3 is 10.2 Å². The van der Waals surface area contributed by atoms with Gasteiger partial charge in [0.25, 0.3) is 0 Å². The molecule has 2 aromatic rings. The van der Waals surface area contributed by atoms with Crippen molar-refractivity contribution in [3.05, 3.63) is 71.0 Å². The molecule has 0 unspecified atom stereocenters. The Hall–Kier alpha value is -2.73. The molecule has 2 amide bonds. The molecule has 1 atom stereocenters. The van der Waals surface area contributed by atoms with E-state index in [1.807, 2.05) is 28.0 Å². The van der Waals surface area contributed by atoms with Gasteiger partial charge in [0.2, 0.25) is 11.8 Å². The molecule has 0 saturated carbocycles. The molecular weight excluding hydrogens is 393 g/mol. The summed E-state index contributed by atoms with van der Waals surface area (Å²) in [5.74, 6) is 0.193. The van der Waals surface area contributed by atoms with Crippen LogP contribution in [0.15, 0.2) is 48.5 Å². The van der Waals surface area contributed by atoms with Gasteiger partial charge in [-0.2, -0.15) is 0 Å². The van der Waals surface area contributed by atoms with Crippen molar-refractivity contribution < 1.29 is 14.0 Å². The molecule has 2 heterocycles. The van der Waals surface area contributed by atoms with Gasteiger partial charge in [0.15, 0.2) is 0 Å². The molecule has 5 nitrogen and oxygen atoms in total. The van der Waals surface area contributed by atoms with Gasteiger partial charge in [0.05, 0.1) is 6.54 Å². The number of carbonyl (C=O) groups excluding carboxylic acids is 2. The number of hydrogen-bond donors (Lipinski definition) is 1. The van der Waals surface area contributed by atoms with Gasteiger partial charge in [-0.3, -0.25) is 14.5 Å². The zero-order chi connectivity index (χ0) is 21.8. The summed E-state index contributed by atoms with van der Waals surface area (Å²) in [6.07, 6.45) is 2.84. The first kappa shape index (κ1) is 21.5. The molecule has 164 valence electrons. The number of piperidine rings is 1. The van der Waals surface area contributed by atoms with Crippen molar-refractivity contribution in [1.82, 2.24) is 15.1 Å². The van der Waals surface area contributed by atoms with Gasteiger partial charge in [0, 0.05) is 31.7 Å². The molecule has 4 rings (SSSR count). The predicted octanol–water partition coefficient (Wildman–Crippen LogP) is 3.30. The van der Waals surface area contributed by atoms with E-state index < -0.39 is 6.04 Å². The Morgan fingerprint density at radius 3 is 2.52 bits per heavy atom. The second-order valence-electron chi connectivity index (χ2n) is 8.70. The maximum Gasteiger partial charge on any atom is 0.244 e. The lowest BCUT2D eigenvalue weighted by Gasteiger charge is -2.40. The van der Waals surface area contributed by atoms with Crippen LogP contribution in [0, 0.1) is 11.7 Å². The highest BCUT2D eigenvalue weighted by Gasteiger charge is 2.37. The van der Waals surface area contributed by atoms with E-state index in [2.05, 4.69) is 18.3 Å². The molecule has 1 saturated heterocycles. The van der Waals surface area contributed by atoms with Crippen LogP contribution in [0.5, 0.6) is 0 Å². The van der Waals surface area contributed by atoms with Gasteiger partial charge in [0.1, 0.15) is 11.9 Å². The number of carbonyl (C=O) groups is 2. The SMILES string of the molecule is CC1CCN(C(=O)[C@H]2c3ccccc3CCN2CC(=O)NCc2ccccc2F)CC1. The fourth-order valence-corrected chi connectivity index (χ4v) is 4.56. The highest BCUT2D eigenvalue weighted by atomic mass is 19.1. The Balaban J connectivity index is 1.48. The molecule has 0 spiro atoms. The van der Waals surface area contributed by atoms with Crippen molar-refractivity contribution >= 4 is 11.8 Å². The fourth-order valence-electron chi connectivity index (χ4n) is 4.56. The maximum atomic E-state index is 13.9. The van der Waals surface area contributed by atoms with Crippen LogP contribution in [-0.2, 0) is 22.6 Å². The number of amides is 2. The smallest absolute Gasteiger partial charge is 0.244 e. The zero-order valence-electron chi connectivity index (χ0n) is 18.0. The Morgan fingerprint density at radius 1 is 1.03 bits per heavy atom. The van der Waals surface area contributed by atoms with Crippen molar-refractivity contribution in [2.45, 2.75) is 38.8 Å². The molecular formula is C25H30FN3O2. The predicted molar refractivity (Wildman–Crippen MR) is 118 cm³/mol. The molecule has 2 aromatic carbocycles. The summed E-state index contributed by atoms with van der Waals surface area (Å²) < 4.78 is 13.9. The van der Waals surface area contributed by atoms with Crippen LogP contribution in [0.25, 0.3) is 0 Å². The molecule has 1 N–H and O–H groups in total. The first-order valence-corrected chi connectivity index (χ1v) is 11.1. The first-order valence-electron chi connectivity index (χ1n) is 11.1. The van der Waals surface area contributed by atoms with Gasteiger partial charge >= 0.3 is 0 Å². The van der Waals surface area contributed by atoms with Crippen molar-refractivity contribution in [1.29, 1.82) is 0 Å². The van der Waals surface area contributed by atoms with Gasteiger partial charge in [-0.1, -0.05) is 49.4 Å². The van der Waals surface area contributed by atoms with Crippen LogP contribution in [0.2, 0.25) is 0 Å². The third-order valence-electron chi connectivity index (χ3n) is 6.49. The van der Waals surface area contributed by atoms with E-state index in [1.54, 1.807) is 18.2 Å². The second kappa shape index (κ2) is 9.60. The standard InChI is InChI=1S/C25H30FN3O2/c1-18-10-13-28(14-11-18)25(31)24-21-8-4-2-6-19(21)12-15-29(24)17-23(30)27-16-20-7-3-5-9-22(20)26/h2-9,18,24H,10-17H2,1H3,(H,27,30)/t24-/m1/s1. The van der Waals surface area contributed by atoms with Crippen LogP contribution in [-0.4, -0.2) is 47.8 Å². The number of nitrogens with zero attached hydrogens (tertiary/aromatic N) is 2. The van der Waals surface area contributed by atoms with Crippen LogP contribution >= 0.6 is 0 Å². The van der Waals surface area contributed by atoms with Crippen LogP contribution in [0.1, 0.15) is 42.5 Å². The van der Waals surface area contributed by atoms with Crippen molar-refractivity contribution in [2.24, 2.45) is 5.92 Å². The van der Waals surface area contributed by atoms with Gasteiger partial charge in [-0.05, 0) is 42.4 Å². The van der Waals surface area contributed by atoms with Crippen LogP contribution in [0.4, 0.5) is 4.39 Å². The third kappa shape index (κ3) is 4.96. The lowest BCUT2D eigenvalue weighted by atomic mass is 9.90. The summed E-state index contributed by atoms with van der Waals surface area (Å²) in [7, 11) is 0. The summed E-state index contributed by atoms with van der Waals surface area (Å²) in [5.41, 5.74) is 2.63. The average Bonchev–Trinajstić information content (AvgIpc) is 2.78. The number of halogens is 1. The zero-order valence-corrected chi connectivity index (χ0v) is 18.0. The third-order valence-corrected chi connectivity index (χ3v) is 6.49. The van der Waals surface area contributed by atoms with Crippen molar-refractivity contribution in [2.75, 3.05) is 26.2 Å². The van der Waals surface area contributed by atoms with Crippen LogP contribution in [0.3, 0.4) is 0 Å². The van der Waals surface area contributed by atoms with E-state index in [0.29, 0.717) is 18.0 Å². The largest absolute Gasteiger partial charge is 0.351 e. The molecule has 31 heavy (non-hydrogen) atoms. The number of hydrogen-bond acceptors (Lipinski definition) is 3. The quantitative estimate of drug-likeness (QED) is 0.803.